The van der Waals surface area contributed by atoms with Crippen LogP contribution in [0.15, 0.2) is 74.6 Å². The molecule has 142 valence electrons. The molecule has 0 aliphatic rings. The number of furan rings is 1. The monoisotopic (exact) mass is 396 g/mol. The fourth-order valence-corrected chi connectivity index (χ4v) is 4.25. The number of aryl methyl sites for hydroxylation is 1. The lowest BCUT2D eigenvalue weighted by Crippen LogP contribution is -2.14. The zero-order valence-corrected chi connectivity index (χ0v) is 15.7. The normalized spacial score (nSPS) is 11.6. The molecule has 0 saturated heterocycles. The highest BCUT2D eigenvalue weighted by atomic mass is 32.2. The molecule has 0 unspecified atom stereocenters. The number of hydrogen-bond acceptors (Lipinski definition) is 6. The summed E-state index contributed by atoms with van der Waals surface area (Å²) in [5, 5.41) is 2.70. The molecule has 0 radical (unpaired) electrons. The quantitative estimate of drug-likeness (QED) is 0.548. The van der Waals surface area contributed by atoms with E-state index in [1.807, 2.05) is 0 Å². The van der Waals surface area contributed by atoms with Gasteiger partial charge in [0, 0.05) is 24.2 Å². The fourth-order valence-electron chi connectivity index (χ4n) is 2.87. The van der Waals surface area contributed by atoms with Gasteiger partial charge >= 0.3 is 0 Å². The Balaban J connectivity index is 1.56. The highest BCUT2D eigenvalue weighted by Crippen LogP contribution is 2.23. The first-order chi connectivity index (χ1) is 13.4. The van der Waals surface area contributed by atoms with Gasteiger partial charge in [-0.2, -0.15) is 0 Å². The second kappa shape index (κ2) is 6.97. The van der Waals surface area contributed by atoms with Crippen molar-refractivity contribution in [2.45, 2.75) is 17.6 Å². The number of anilines is 1. The van der Waals surface area contributed by atoms with E-state index >= 15 is 0 Å². The molecular weight excluding hydrogens is 380 g/mol. The number of nitrogens with one attached hydrogen (secondary N) is 1. The lowest BCUT2D eigenvalue weighted by molar-refractivity contribution is 0.0996. The lowest BCUT2D eigenvalue weighted by Gasteiger charge is -2.06. The Bertz CT molecular complexity index is 1260. The van der Waals surface area contributed by atoms with Gasteiger partial charge in [-0.25, -0.2) is 13.4 Å². The van der Waals surface area contributed by atoms with Gasteiger partial charge in [0.25, 0.3) is 5.91 Å². The number of carbonyl (C=O) groups is 1. The zero-order chi connectivity index (χ0) is 19.7. The molecule has 28 heavy (non-hydrogen) atoms. The number of aromatic nitrogens is 1. The van der Waals surface area contributed by atoms with E-state index in [9.17, 15) is 13.2 Å². The van der Waals surface area contributed by atoms with Gasteiger partial charge in [-0.05, 0) is 30.3 Å². The summed E-state index contributed by atoms with van der Waals surface area (Å²) in [4.78, 5) is 17.0. The molecule has 0 spiro atoms. The average Bonchev–Trinajstić information content (AvgIpc) is 3.27. The number of nitrogens with zero attached hydrogens (tertiary/aromatic N) is 1. The van der Waals surface area contributed by atoms with Crippen LogP contribution >= 0.6 is 0 Å². The molecule has 1 N–H and O–H groups in total. The predicted octanol–water partition coefficient (Wildman–Crippen LogP) is 3.96. The number of carbonyl (C=O) groups excluding carboxylic acids is 1. The summed E-state index contributed by atoms with van der Waals surface area (Å²) in [6.07, 6.45) is 1.30. The third-order valence-electron chi connectivity index (χ3n) is 4.15. The van der Waals surface area contributed by atoms with Crippen LogP contribution in [0.4, 0.5) is 5.69 Å². The molecule has 0 saturated carbocycles. The van der Waals surface area contributed by atoms with Crippen molar-refractivity contribution in [1.29, 1.82) is 0 Å². The highest BCUT2D eigenvalue weighted by molar-refractivity contribution is 7.90. The molecule has 2 heterocycles. The molecule has 0 aliphatic carbocycles. The second-order valence-corrected chi connectivity index (χ2v) is 8.21. The number of rotatable bonds is 5. The maximum Gasteiger partial charge on any atom is 0.291 e. The van der Waals surface area contributed by atoms with Gasteiger partial charge in [0.2, 0.25) is 0 Å². The average molecular weight is 396 g/mol. The van der Waals surface area contributed by atoms with Crippen molar-refractivity contribution in [3.05, 3.63) is 78.1 Å². The van der Waals surface area contributed by atoms with Crippen LogP contribution in [0.3, 0.4) is 0 Å². The Labute approximate surface area is 160 Å². The first-order valence-corrected chi connectivity index (χ1v) is 10.1. The predicted molar refractivity (Wildman–Crippen MR) is 103 cm³/mol. The molecule has 2 aromatic carbocycles. The first-order valence-electron chi connectivity index (χ1n) is 8.45. The van der Waals surface area contributed by atoms with E-state index in [0.717, 1.165) is 0 Å². The van der Waals surface area contributed by atoms with Crippen molar-refractivity contribution in [3.8, 4) is 0 Å². The molecular formula is C20H16N2O5S. The molecule has 4 rings (SSSR count). The molecule has 0 aliphatic heterocycles. The van der Waals surface area contributed by atoms with Crippen LogP contribution in [-0.2, 0) is 15.6 Å². The molecule has 4 aromatic rings. The maximum absolute atomic E-state index is 12.6. The summed E-state index contributed by atoms with van der Waals surface area (Å²) in [6, 6.07) is 14.6. The van der Waals surface area contributed by atoms with E-state index in [1.165, 1.54) is 24.5 Å². The molecule has 7 nitrogen and oxygen atoms in total. The number of sulfone groups is 1. The number of benzene rings is 2. The Morgan fingerprint density at radius 2 is 1.89 bits per heavy atom. The van der Waals surface area contributed by atoms with Crippen LogP contribution in [0.25, 0.3) is 11.1 Å². The summed E-state index contributed by atoms with van der Waals surface area (Å²) in [5.41, 5.74) is 2.00. The van der Waals surface area contributed by atoms with Crippen LogP contribution < -0.4 is 5.32 Å². The highest BCUT2D eigenvalue weighted by Gasteiger charge is 2.22. The Hall–Kier alpha value is -3.39. The second-order valence-electron chi connectivity index (χ2n) is 6.22. The SMILES string of the molecule is Cc1nc2ccc(NC(=O)c3occc3CS(=O)(=O)c3ccccc3)cc2o1. The lowest BCUT2D eigenvalue weighted by atomic mass is 10.2. The van der Waals surface area contributed by atoms with Gasteiger partial charge in [-0.15, -0.1) is 0 Å². The summed E-state index contributed by atoms with van der Waals surface area (Å²) >= 11 is 0. The summed E-state index contributed by atoms with van der Waals surface area (Å²) < 4.78 is 35.9. The van der Waals surface area contributed by atoms with Crippen LogP contribution in [0.2, 0.25) is 0 Å². The Morgan fingerprint density at radius 1 is 1.11 bits per heavy atom. The molecule has 1 amide bonds. The van der Waals surface area contributed by atoms with Gasteiger partial charge in [0.15, 0.2) is 27.1 Å². The third kappa shape index (κ3) is 3.54. The minimum atomic E-state index is -3.60. The molecule has 2 aromatic heterocycles. The van der Waals surface area contributed by atoms with Gasteiger partial charge in [0.05, 0.1) is 16.9 Å². The number of amides is 1. The summed E-state index contributed by atoms with van der Waals surface area (Å²) in [5.74, 6) is -0.401. The number of oxazole rings is 1. The standard InChI is InChI=1S/C20H16N2O5S/c1-13-21-17-8-7-15(11-18(17)27-13)22-20(23)19-14(9-10-26-19)12-28(24,25)16-5-3-2-4-6-16/h2-11H,12H2,1H3,(H,22,23). The van der Waals surface area contributed by atoms with E-state index in [0.29, 0.717) is 22.7 Å². The van der Waals surface area contributed by atoms with Gasteiger partial charge < -0.3 is 14.2 Å². The van der Waals surface area contributed by atoms with Gasteiger partial charge in [-0.1, -0.05) is 18.2 Å². The fraction of sp³-hybridized carbons (Fsp3) is 0.100. The van der Waals surface area contributed by atoms with Crippen molar-refractivity contribution in [1.82, 2.24) is 4.98 Å². The topological polar surface area (TPSA) is 102 Å². The molecule has 0 bridgehead atoms. The third-order valence-corrected chi connectivity index (χ3v) is 5.84. The molecule has 0 atom stereocenters. The minimum Gasteiger partial charge on any atom is -0.459 e. The minimum absolute atomic E-state index is 0.0478. The van der Waals surface area contributed by atoms with Crippen molar-refractivity contribution >= 4 is 32.5 Å². The van der Waals surface area contributed by atoms with Crippen LogP contribution in [-0.4, -0.2) is 19.3 Å². The van der Waals surface area contributed by atoms with Crippen molar-refractivity contribution < 1.29 is 22.0 Å². The Kier molecular flexibility index (Phi) is 4.48. The molecule has 8 heteroatoms. The first kappa shape index (κ1) is 18.0. The van der Waals surface area contributed by atoms with Gasteiger partial charge in [0.1, 0.15) is 5.52 Å². The number of fused-ring (bicyclic) bond motifs is 1. The summed E-state index contributed by atoms with van der Waals surface area (Å²) in [7, 11) is -3.60. The van der Waals surface area contributed by atoms with Crippen LogP contribution in [0.5, 0.6) is 0 Å². The smallest absolute Gasteiger partial charge is 0.291 e. The zero-order valence-electron chi connectivity index (χ0n) is 14.9. The van der Waals surface area contributed by atoms with E-state index < -0.39 is 15.7 Å². The van der Waals surface area contributed by atoms with Gasteiger partial charge in [-0.3, -0.25) is 4.79 Å². The summed E-state index contributed by atoms with van der Waals surface area (Å²) in [6.45, 7) is 1.74. The van der Waals surface area contributed by atoms with E-state index in [-0.39, 0.29) is 22.0 Å². The number of hydrogen-bond donors (Lipinski definition) is 1. The maximum atomic E-state index is 12.6. The van der Waals surface area contributed by atoms with Crippen LogP contribution in [0, 0.1) is 6.92 Å². The Morgan fingerprint density at radius 3 is 2.68 bits per heavy atom. The largest absolute Gasteiger partial charge is 0.459 e. The molecule has 0 fully saturated rings. The van der Waals surface area contributed by atoms with Crippen molar-refractivity contribution in [2.24, 2.45) is 0 Å². The van der Waals surface area contributed by atoms with Crippen molar-refractivity contribution in [2.75, 3.05) is 5.32 Å². The van der Waals surface area contributed by atoms with E-state index in [4.69, 9.17) is 8.83 Å². The van der Waals surface area contributed by atoms with Crippen molar-refractivity contribution in [3.63, 3.8) is 0 Å². The van der Waals surface area contributed by atoms with E-state index in [1.54, 1.807) is 43.3 Å². The van der Waals surface area contributed by atoms with E-state index in [2.05, 4.69) is 10.3 Å². The van der Waals surface area contributed by atoms with Crippen LogP contribution in [0.1, 0.15) is 22.0 Å².